The van der Waals surface area contributed by atoms with Crippen LogP contribution in [0, 0.1) is 5.92 Å². The average molecular weight is 417 g/mol. The Balaban J connectivity index is 1.62. The van der Waals surface area contributed by atoms with E-state index in [0.29, 0.717) is 19.7 Å². The number of piperidine rings is 1. The SMILES string of the molecule is CCNC(=NCc1cccc(CN2CCOCC2)c1)N1CCCC(C(=O)OCC)C1. The summed E-state index contributed by atoms with van der Waals surface area (Å²) in [6.07, 6.45) is 1.86. The van der Waals surface area contributed by atoms with Crippen LogP contribution in [0.5, 0.6) is 0 Å². The van der Waals surface area contributed by atoms with Gasteiger partial charge < -0.3 is 19.7 Å². The maximum atomic E-state index is 12.2. The summed E-state index contributed by atoms with van der Waals surface area (Å²) in [4.78, 5) is 21.7. The lowest BCUT2D eigenvalue weighted by Crippen LogP contribution is -2.48. The Morgan fingerprint density at radius 2 is 2.03 bits per heavy atom. The Kier molecular flexibility index (Phi) is 8.96. The minimum atomic E-state index is -0.0890. The molecule has 2 heterocycles. The third-order valence-corrected chi connectivity index (χ3v) is 5.59. The van der Waals surface area contributed by atoms with E-state index in [1.54, 1.807) is 0 Å². The second kappa shape index (κ2) is 11.9. The molecule has 7 nitrogen and oxygen atoms in total. The molecule has 0 radical (unpaired) electrons. The third-order valence-electron chi connectivity index (χ3n) is 5.59. The molecule has 1 unspecified atom stereocenters. The monoisotopic (exact) mass is 416 g/mol. The fourth-order valence-corrected chi connectivity index (χ4v) is 4.06. The largest absolute Gasteiger partial charge is 0.466 e. The predicted octanol–water partition coefficient (Wildman–Crippen LogP) is 2.26. The van der Waals surface area contributed by atoms with E-state index in [9.17, 15) is 4.79 Å². The van der Waals surface area contributed by atoms with E-state index in [1.807, 2.05) is 6.92 Å². The van der Waals surface area contributed by atoms with Gasteiger partial charge in [-0.2, -0.15) is 0 Å². The summed E-state index contributed by atoms with van der Waals surface area (Å²) in [5.74, 6) is 0.721. The molecule has 1 atom stereocenters. The number of nitrogens with one attached hydrogen (secondary N) is 1. The molecule has 3 rings (SSSR count). The topological polar surface area (TPSA) is 66.4 Å². The zero-order valence-corrected chi connectivity index (χ0v) is 18.4. The molecular formula is C23H36N4O3. The first kappa shape index (κ1) is 22.6. The van der Waals surface area contributed by atoms with Gasteiger partial charge in [-0.3, -0.25) is 9.69 Å². The fraction of sp³-hybridized carbons (Fsp3) is 0.652. The molecule has 0 bridgehead atoms. The van der Waals surface area contributed by atoms with E-state index in [1.165, 1.54) is 11.1 Å². The molecule has 1 aromatic rings. The lowest BCUT2D eigenvalue weighted by Gasteiger charge is -2.34. The average Bonchev–Trinajstić information content (AvgIpc) is 2.78. The summed E-state index contributed by atoms with van der Waals surface area (Å²) in [6, 6.07) is 8.68. The van der Waals surface area contributed by atoms with Crippen LogP contribution in [0.3, 0.4) is 0 Å². The fourth-order valence-electron chi connectivity index (χ4n) is 4.06. The van der Waals surface area contributed by atoms with Gasteiger partial charge in [0.2, 0.25) is 0 Å². The van der Waals surface area contributed by atoms with Crippen molar-refractivity contribution in [1.29, 1.82) is 0 Å². The van der Waals surface area contributed by atoms with E-state index < -0.39 is 0 Å². The molecule has 2 aliphatic rings. The van der Waals surface area contributed by atoms with Gasteiger partial charge in [0, 0.05) is 39.3 Å². The summed E-state index contributed by atoms with van der Waals surface area (Å²) >= 11 is 0. The lowest BCUT2D eigenvalue weighted by molar-refractivity contribution is -0.149. The molecule has 7 heteroatoms. The number of carbonyl (C=O) groups is 1. The lowest BCUT2D eigenvalue weighted by atomic mass is 9.98. The number of benzene rings is 1. The molecule has 0 spiro atoms. The summed E-state index contributed by atoms with van der Waals surface area (Å²) in [5.41, 5.74) is 2.52. The smallest absolute Gasteiger partial charge is 0.310 e. The highest BCUT2D eigenvalue weighted by Crippen LogP contribution is 2.18. The number of morpholine rings is 1. The van der Waals surface area contributed by atoms with E-state index in [4.69, 9.17) is 14.5 Å². The predicted molar refractivity (Wildman–Crippen MR) is 118 cm³/mol. The number of rotatable bonds is 7. The maximum Gasteiger partial charge on any atom is 0.310 e. The molecule has 1 aromatic carbocycles. The summed E-state index contributed by atoms with van der Waals surface area (Å²) in [7, 11) is 0. The van der Waals surface area contributed by atoms with Gasteiger partial charge in [0.1, 0.15) is 0 Å². The van der Waals surface area contributed by atoms with E-state index in [0.717, 1.165) is 64.7 Å². The summed E-state index contributed by atoms with van der Waals surface area (Å²) < 4.78 is 10.7. The van der Waals surface area contributed by atoms with Crippen LogP contribution in [-0.2, 0) is 27.4 Å². The standard InChI is InChI=1S/C23H36N4O3/c1-3-24-23(27-10-6-9-21(18-27)22(28)30-4-2)25-16-19-7-5-8-20(15-19)17-26-11-13-29-14-12-26/h5,7-8,15,21H,3-4,6,9-14,16-18H2,1-2H3,(H,24,25). The second-order valence-electron chi connectivity index (χ2n) is 7.92. The van der Waals surface area contributed by atoms with Crippen LogP contribution in [0.4, 0.5) is 0 Å². The van der Waals surface area contributed by atoms with Crippen molar-refractivity contribution in [3.05, 3.63) is 35.4 Å². The van der Waals surface area contributed by atoms with Crippen LogP contribution >= 0.6 is 0 Å². The van der Waals surface area contributed by atoms with Gasteiger partial charge in [-0.15, -0.1) is 0 Å². The molecule has 0 saturated carbocycles. The third kappa shape index (κ3) is 6.71. The normalized spacial score (nSPS) is 20.8. The van der Waals surface area contributed by atoms with Crippen molar-refractivity contribution >= 4 is 11.9 Å². The van der Waals surface area contributed by atoms with Crippen molar-refractivity contribution in [1.82, 2.24) is 15.1 Å². The van der Waals surface area contributed by atoms with Gasteiger partial charge in [0.15, 0.2) is 5.96 Å². The molecule has 2 fully saturated rings. The molecule has 166 valence electrons. The quantitative estimate of drug-likeness (QED) is 0.418. The number of guanidine groups is 1. The number of hydrogen-bond acceptors (Lipinski definition) is 5. The number of aliphatic imine (C=N–C) groups is 1. The van der Waals surface area contributed by atoms with Gasteiger partial charge in [-0.1, -0.05) is 24.3 Å². The van der Waals surface area contributed by atoms with Gasteiger partial charge in [-0.05, 0) is 37.8 Å². The molecule has 0 aliphatic carbocycles. The molecule has 30 heavy (non-hydrogen) atoms. The van der Waals surface area contributed by atoms with Gasteiger partial charge in [0.05, 0.1) is 32.3 Å². The van der Waals surface area contributed by atoms with Crippen LogP contribution in [-0.4, -0.2) is 74.3 Å². The highest BCUT2D eigenvalue weighted by Gasteiger charge is 2.28. The van der Waals surface area contributed by atoms with Crippen molar-refractivity contribution in [3.8, 4) is 0 Å². The number of hydrogen-bond donors (Lipinski definition) is 1. The maximum absolute atomic E-state index is 12.2. The molecular weight excluding hydrogens is 380 g/mol. The Morgan fingerprint density at radius 1 is 1.23 bits per heavy atom. The first-order chi connectivity index (χ1) is 14.7. The van der Waals surface area contributed by atoms with Crippen molar-refractivity contribution in [2.75, 3.05) is 52.5 Å². The van der Waals surface area contributed by atoms with Crippen molar-refractivity contribution in [2.24, 2.45) is 10.9 Å². The minimum absolute atomic E-state index is 0.0700. The second-order valence-corrected chi connectivity index (χ2v) is 7.92. The molecule has 1 N–H and O–H groups in total. The van der Waals surface area contributed by atoms with Crippen molar-refractivity contribution < 1.29 is 14.3 Å². The van der Waals surface area contributed by atoms with Gasteiger partial charge >= 0.3 is 5.97 Å². The van der Waals surface area contributed by atoms with Crippen LogP contribution in [0.1, 0.15) is 37.8 Å². The Bertz CT molecular complexity index is 703. The Labute approximate surface area is 180 Å². The number of likely N-dealkylation sites (tertiary alicyclic amines) is 1. The van der Waals surface area contributed by atoms with Crippen LogP contribution in [0.2, 0.25) is 0 Å². The summed E-state index contributed by atoms with van der Waals surface area (Å²) in [5, 5.41) is 3.40. The molecule has 0 aromatic heterocycles. The number of esters is 1. The molecule has 2 aliphatic heterocycles. The van der Waals surface area contributed by atoms with E-state index >= 15 is 0 Å². The molecule has 0 amide bonds. The zero-order valence-electron chi connectivity index (χ0n) is 18.4. The number of ether oxygens (including phenoxy) is 2. The molecule has 2 saturated heterocycles. The van der Waals surface area contributed by atoms with Crippen LogP contribution in [0.25, 0.3) is 0 Å². The highest BCUT2D eigenvalue weighted by atomic mass is 16.5. The van der Waals surface area contributed by atoms with Crippen molar-refractivity contribution in [2.45, 2.75) is 39.8 Å². The Hall–Kier alpha value is -2.12. The summed E-state index contributed by atoms with van der Waals surface area (Å²) in [6.45, 7) is 11.9. The van der Waals surface area contributed by atoms with Gasteiger partial charge in [-0.25, -0.2) is 4.99 Å². The number of nitrogens with zero attached hydrogens (tertiary/aromatic N) is 3. The van der Waals surface area contributed by atoms with E-state index in [2.05, 4.69) is 46.3 Å². The number of carbonyl (C=O) groups excluding carboxylic acids is 1. The van der Waals surface area contributed by atoms with Crippen LogP contribution in [0.15, 0.2) is 29.3 Å². The van der Waals surface area contributed by atoms with Crippen LogP contribution < -0.4 is 5.32 Å². The van der Waals surface area contributed by atoms with Gasteiger partial charge in [0.25, 0.3) is 0 Å². The first-order valence-electron chi connectivity index (χ1n) is 11.3. The zero-order chi connectivity index (χ0) is 21.2. The minimum Gasteiger partial charge on any atom is -0.466 e. The first-order valence-corrected chi connectivity index (χ1v) is 11.3. The van der Waals surface area contributed by atoms with Crippen molar-refractivity contribution in [3.63, 3.8) is 0 Å². The van der Waals surface area contributed by atoms with E-state index in [-0.39, 0.29) is 11.9 Å². The Morgan fingerprint density at radius 3 is 2.80 bits per heavy atom. The highest BCUT2D eigenvalue weighted by molar-refractivity contribution is 5.81.